The summed E-state index contributed by atoms with van der Waals surface area (Å²) in [6.45, 7) is 9.92. The predicted octanol–water partition coefficient (Wildman–Crippen LogP) is 0.342. The number of carboxylic acids is 1. The minimum Gasteiger partial charge on any atom is -0.508 e. The number of esters is 1. The normalized spacial score (nSPS) is 25.6. The Morgan fingerprint density at radius 3 is 2.13 bits per heavy atom. The van der Waals surface area contributed by atoms with Crippen LogP contribution in [0, 0.1) is 17.8 Å². The van der Waals surface area contributed by atoms with E-state index in [0.29, 0.717) is 24.8 Å². The Balaban J connectivity index is 2.31. The van der Waals surface area contributed by atoms with Crippen molar-refractivity contribution in [3.8, 4) is 5.75 Å². The number of phenolic OH excluding ortho intramolecular Hbond substituents is 1. The molecule has 6 amide bonds. The lowest BCUT2D eigenvalue weighted by Gasteiger charge is -2.44. The Morgan fingerprint density at radius 2 is 1.54 bits per heavy atom. The summed E-state index contributed by atoms with van der Waals surface area (Å²) in [5.74, 6) is -12.7. The molecule has 22 nitrogen and oxygen atoms in total. The smallest absolute Gasteiger partial charge is 0.329 e. The third-order valence-electron chi connectivity index (χ3n) is 12.9. The van der Waals surface area contributed by atoms with Gasteiger partial charge >= 0.3 is 11.9 Å². The lowest BCUT2D eigenvalue weighted by Crippen LogP contribution is -2.66. The Kier molecular flexibility index (Phi) is 22.3. The minimum absolute atomic E-state index is 0.0197. The Morgan fingerprint density at radius 1 is 0.884 bits per heavy atom. The molecular weight excluding hydrogens is 899 g/mol. The molecule has 11 N–H and O–H groups in total. The van der Waals surface area contributed by atoms with Crippen LogP contribution in [0.2, 0.25) is 0 Å². The number of amides is 6. The first kappa shape index (κ1) is 57.0. The van der Waals surface area contributed by atoms with Crippen molar-refractivity contribution in [3.05, 3.63) is 29.8 Å². The summed E-state index contributed by atoms with van der Waals surface area (Å²) in [6, 6.07) is -3.08. The molecule has 2 bridgehead atoms. The first-order valence-electron chi connectivity index (χ1n) is 23.8. The fourth-order valence-electron chi connectivity index (χ4n) is 8.38. The number of nitrogens with one attached hydrogen (secondary N) is 4. The highest BCUT2D eigenvalue weighted by Crippen LogP contribution is 2.28. The molecule has 2 saturated heterocycles. The van der Waals surface area contributed by atoms with Crippen LogP contribution in [0.3, 0.4) is 0 Å². The molecule has 0 aromatic heterocycles. The molecular formula is C47H73N9O13. The van der Waals surface area contributed by atoms with E-state index < -0.39 is 126 Å². The zero-order valence-electron chi connectivity index (χ0n) is 40.8. The van der Waals surface area contributed by atoms with Crippen molar-refractivity contribution in [2.45, 2.75) is 167 Å². The number of hydrogen-bond donors (Lipinski definition) is 9. The number of rotatable bonds is 19. The molecule has 1 aromatic rings. The van der Waals surface area contributed by atoms with E-state index in [9.17, 15) is 58.5 Å². The number of nitrogens with two attached hydrogens (primary N) is 2. The average Bonchev–Trinajstić information content (AvgIpc) is 3.29. The summed E-state index contributed by atoms with van der Waals surface area (Å²) in [6.07, 6.45) is -2.28. The van der Waals surface area contributed by atoms with Crippen molar-refractivity contribution in [2.24, 2.45) is 34.2 Å². The molecule has 2 aliphatic heterocycles. The number of hydrogen-bond acceptors (Lipinski definition) is 13. The number of piperidine rings is 1. The maximum atomic E-state index is 14.9. The van der Waals surface area contributed by atoms with Crippen molar-refractivity contribution in [1.29, 1.82) is 0 Å². The molecule has 2 fully saturated rings. The number of phenols is 1. The van der Waals surface area contributed by atoms with Crippen LogP contribution in [-0.4, -0.2) is 146 Å². The van der Waals surface area contributed by atoms with Gasteiger partial charge in [0.2, 0.25) is 35.4 Å². The lowest BCUT2D eigenvalue weighted by atomic mass is 9.89. The molecule has 0 radical (unpaired) electrons. The van der Waals surface area contributed by atoms with Gasteiger partial charge in [-0.2, -0.15) is 0 Å². The molecule has 3 rings (SSSR count). The van der Waals surface area contributed by atoms with E-state index in [-0.39, 0.29) is 63.2 Å². The van der Waals surface area contributed by atoms with Gasteiger partial charge in [0, 0.05) is 26.4 Å². The van der Waals surface area contributed by atoms with E-state index >= 15 is 0 Å². The van der Waals surface area contributed by atoms with Gasteiger partial charge in [-0.25, -0.2) is 4.79 Å². The van der Waals surface area contributed by atoms with Gasteiger partial charge in [-0.15, -0.1) is 0 Å². The number of aliphatic hydroxyl groups excluding tert-OH is 1. The van der Waals surface area contributed by atoms with Gasteiger partial charge in [0.05, 0.1) is 12.5 Å². The van der Waals surface area contributed by atoms with E-state index in [4.69, 9.17) is 16.2 Å². The summed E-state index contributed by atoms with van der Waals surface area (Å²) in [4.78, 5) is 133. The molecule has 2 aliphatic rings. The van der Waals surface area contributed by atoms with Crippen molar-refractivity contribution < 1.29 is 63.2 Å². The van der Waals surface area contributed by atoms with Crippen molar-refractivity contribution in [2.75, 3.05) is 13.6 Å². The van der Waals surface area contributed by atoms with Crippen LogP contribution in [0.15, 0.2) is 29.3 Å². The number of fused-ring (bicyclic) bond motifs is 2. The van der Waals surface area contributed by atoms with Gasteiger partial charge in [0.15, 0.2) is 11.7 Å². The molecule has 1 unspecified atom stereocenters. The number of aliphatic imine (C=N–C) groups is 1. The summed E-state index contributed by atoms with van der Waals surface area (Å²) in [7, 11) is 1.35. The third-order valence-corrected chi connectivity index (χ3v) is 12.9. The van der Waals surface area contributed by atoms with E-state index in [1.54, 1.807) is 27.7 Å². The van der Waals surface area contributed by atoms with E-state index in [2.05, 4.69) is 26.3 Å². The van der Waals surface area contributed by atoms with Gasteiger partial charge < -0.3 is 62.6 Å². The first-order valence-corrected chi connectivity index (χ1v) is 23.8. The highest BCUT2D eigenvalue weighted by atomic mass is 16.5. The molecule has 22 heteroatoms. The number of carbonyl (C=O) groups excluding carboxylic acids is 8. The number of likely N-dealkylation sites (N-methyl/N-ethyl adjacent to an activating group) is 1. The third kappa shape index (κ3) is 16.1. The second-order valence-corrected chi connectivity index (χ2v) is 18.1. The standard InChI is InChI=1S/C47H73N9O13/c1-8-11-12-15-34(58)51-32(24-36(60)61)40(62)37-27(6)69-46(68)38(25(4)9-2)54-42(64)33(23-28-16-18-29(57)19-17-28)55(7)45(67)39(26(5)10-3)56-35(59)21-20-31(44(56)66)53-41(63)30(52-43(37)65)14-13-22-50-47(48)49/h16-19,25-27,30-33,35,37-39,57,59H,8-15,20-24H2,1-7H3,(H,51,58)(H,52,65)(H,53,63)(H,54,64)(H,60,61)(H4,48,49,50)/t25-,26-,27+,30-,31-,32-,33-,35+,37-,38?,39-/m0/s1. The number of cyclic esters (lactones) is 1. The maximum absolute atomic E-state index is 14.9. The maximum Gasteiger partial charge on any atom is 0.329 e. The SMILES string of the molecule is CCCCCC(=O)N[C@@H](CC(=O)O)C(=O)[C@H]1C(=O)N[C@@H](CCCN=C(N)N)C(=O)N[C@H]2CC[C@@H](O)N(C2=O)[C@@H]([C@@H](C)CC)C(=O)N(C)[C@@H](Cc2ccc(O)cc2)C(=O)NC([C@@H](C)CC)C(=O)O[C@@H]1C. The first-order chi connectivity index (χ1) is 32.6. The van der Waals surface area contributed by atoms with Gasteiger partial charge in [-0.3, -0.25) is 43.3 Å². The zero-order valence-corrected chi connectivity index (χ0v) is 40.8. The number of nitrogens with zero attached hydrogens (tertiary/aromatic N) is 3. The largest absolute Gasteiger partial charge is 0.508 e. The average molecular weight is 972 g/mol. The van der Waals surface area contributed by atoms with Crippen LogP contribution in [0.1, 0.15) is 118 Å². The number of aliphatic hydroxyl groups is 1. The summed E-state index contributed by atoms with van der Waals surface area (Å²) in [5, 5.41) is 41.7. The zero-order chi connectivity index (χ0) is 51.7. The Bertz CT molecular complexity index is 2010. The van der Waals surface area contributed by atoms with Crippen LogP contribution in [0.4, 0.5) is 0 Å². The van der Waals surface area contributed by atoms with Crippen LogP contribution in [-0.2, 0) is 54.3 Å². The van der Waals surface area contributed by atoms with Crippen LogP contribution in [0.5, 0.6) is 5.75 Å². The molecule has 2 heterocycles. The number of Topliss-reactive ketones (excluding diaryl/α,β-unsaturated/α-hetero) is 1. The molecule has 384 valence electrons. The Labute approximate surface area is 403 Å². The molecule has 11 atom stereocenters. The second kappa shape index (κ2) is 27.0. The monoisotopic (exact) mass is 972 g/mol. The summed E-state index contributed by atoms with van der Waals surface area (Å²) in [5.41, 5.74) is 11.5. The molecule has 69 heavy (non-hydrogen) atoms. The number of benzene rings is 1. The van der Waals surface area contributed by atoms with Crippen LogP contribution < -0.4 is 32.7 Å². The van der Waals surface area contributed by atoms with Crippen molar-refractivity contribution >= 4 is 59.1 Å². The van der Waals surface area contributed by atoms with Gasteiger partial charge in [0.1, 0.15) is 54.2 Å². The summed E-state index contributed by atoms with van der Waals surface area (Å²) < 4.78 is 5.86. The van der Waals surface area contributed by atoms with E-state index in [0.717, 1.165) is 16.2 Å². The highest BCUT2D eigenvalue weighted by Gasteiger charge is 2.48. The van der Waals surface area contributed by atoms with Crippen molar-refractivity contribution in [3.63, 3.8) is 0 Å². The molecule has 1 aromatic carbocycles. The van der Waals surface area contributed by atoms with Gasteiger partial charge in [0.25, 0.3) is 0 Å². The predicted molar refractivity (Wildman–Crippen MR) is 251 cm³/mol. The molecule has 0 spiro atoms. The number of aliphatic carboxylic acids is 1. The van der Waals surface area contributed by atoms with Gasteiger partial charge in [-0.05, 0) is 68.6 Å². The second-order valence-electron chi connectivity index (χ2n) is 18.1. The number of ether oxygens (including phenoxy) is 1. The highest BCUT2D eigenvalue weighted by molar-refractivity contribution is 6.07. The lowest BCUT2D eigenvalue weighted by molar-refractivity contribution is -0.168. The fraction of sp³-hybridized carbons (Fsp3) is 0.660. The number of ketones is 1. The van der Waals surface area contributed by atoms with Gasteiger partial charge in [-0.1, -0.05) is 72.4 Å². The van der Waals surface area contributed by atoms with Crippen molar-refractivity contribution in [1.82, 2.24) is 31.1 Å². The number of guanidine groups is 1. The number of unbranched alkanes of at least 4 members (excludes halogenated alkanes) is 2. The van der Waals surface area contributed by atoms with Crippen LogP contribution in [0.25, 0.3) is 0 Å². The van der Waals surface area contributed by atoms with E-state index in [1.165, 1.54) is 38.2 Å². The quantitative estimate of drug-likeness (QED) is 0.0297. The molecule has 0 saturated carbocycles. The fourth-order valence-corrected chi connectivity index (χ4v) is 8.38. The van der Waals surface area contributed by atoms with E-state index in [1.807, 2.05) is 6.92 Å². The Hall–Kier alpha value is -6.32. The topological polar surface area (TPSA) is 343 Å². The molecule has 0 aliphatic carbocycles. The van der Waals surface area contributed by atoms with Crippen LogP contribution >= 0.6 is 0 Å². The minimum atomic E-state index is -2.07. The number of carbonyl (C=O) groups is 9. The summed E-state index contributed by atoms with van der Waals surface area (Å²) >= 11 is 0. The number of aromatic hydroxyl groups is 1. The number of carboxylic acid groups (broad SMARTS) is 1.